The van der Waals surface area contributed by atoms with Crippen molar-refractivity contribution in [2.45, 2.75) is 45.1 Å². The number of carbonyl (C=O) groups is 1. The van der Waals surface area contributed by atoms with Crippen LogP contribution in [0.4, 0.5) is 0 Å². The van der Waals surface area contributed by atoms with Crippen LogP contribution in [-0.4, -0.2) is 31.3 Å². The minimum Gasteiger partial charge on any atom is -0.481 e. The molecule has 2 atom stereocenters. The third-order valence-electron chi connectivity index (χ3n) is 3.04. The molecule has 5 nitrogen and oxygen atoms in total. The van der Waals surface area contributed by atoms with Gasteiger partial charge in [-0.2, -0.15) is 0 Å². The highest BCUT2D eigenvalue weighted by atomic mass is 32.2. The monoisotopic (exact) mass is 249 g/mol. The Labute approximate surface area is 96.3 Å². The Morgan fingerprint density at radius 1 is 1.31 bits per heavy atom. The number of aliphatic carboxylic acids is 1. The Hall–Kier alpha value is -0.620. The van der Waals surface area contributed by atoms with Crippen LogP contribution in [0.5, 0.6) is 0 Å². The van der Waals surface area contributed by atoms with Gasteiger partial charge in [0.05, 0.1) is 11.7 Å². The molecule has 0 bridgehead atoms. The molecular weight excluding hydrogens is 230 g/mol. The number of sulfonamides is 1. The number of carboxylic acid groups (broad SMARTS) is 1. The maximum Gasteiger partial charge on any atom is 0.308 e. The van der Waals surface area contributed by atoms with Crippen LogP contribution in [0.15, 0.2) is 0 Å². The lowest BCUT2D eigenvalue weighted by atomic mass is 9.96. The van der Waals surface area contributed by atoms with Gasteiger partial charge >= 0.3 is 5.97 Å². The fraction of sp³-hybridized carbons (Fsp3) is 0.900. The molecule has 0 heterocycles. The summed E-state index contributed by atoms with van der Waals surface area (Å²) in [5, 5.41) is 9.07. The van der Waals surface area contributed by atoms with Gasteiger partial charge in [0.1, 0.15) is 0 Å². The van der Waals surface area contributed by atoms with Crippen molar-refractivity contribution < 1.29 is 18.3 Å². The normalized spacial score (nSPS) is 27.3. The Morgan fingerprint density at radius 2 is 1.94 bits per heavy atom. The molecule has 0 amide bonds. The van der Waals surface area contributed by atoms with Crippen LogP contribution >= 0.6 is 0 Å². The predicted octanol–water partition coefficient (Wildman–Crippen LogP) is 0.959. The van der Waals surface area contributed by atoms with E-state index in [9.17, 15) is 13.2 Å². The van der Waals surface area contributed by atoms with Gasteiger partial charge in [-0.05, 0) is 19.8 Å². The summed E-state index contributed by atoms with van der Waals surface area (Å²) in [5.41, 5.74) is 0. The van der Waals surface area contributed by atoms with Crippen LogP contribution in [0.1, 0.15) is 39.0 Å². The molecule has 0 aromatic heterocycles. The number of hydrogen-bond acceptors (Lipinski definition) is 3. The van der Waals surface area contributed by atoms with Crippen molar-refractivity contribution in [1.82, 2.24) is 4.72 Å². The SMILES string of the molecule is CCS(=O)(=O)NC1CCCCCC1C(=O)O. The molecule has 1 aliphatic carbocycles. The average molecular weight is 249 g/mol. The zero-order valence-electron chi connectivity index (χ0n) is 9.48. The van der Waals surface area contributed by atoms with E-state index in [-0.39, 0.29) is 5.75 Å². The van der Waals surface area contributed by atoms with Gasteiger partial charge in [0.25, 0.3) is 0 Å². The molecule has 6 heteroatoms. The fourth-order valence-electron chi connectivity index (χ4n) is 2.06. The van der Waals surface area contributed by atoms with Gasteiger partial charge < -0.3 is 5.11 Å². The highest BCUT2D eigenvalue weighted by molar-refractivity contribution is 7.89. The molecule has 0 aromatic rings. The molecule has 0 radical (unpaired) electrons. The molecule has 2 unspecified atom stereocenters. The Morgan fingerprint density at radius 3 is 2.50 bits per heavy atom. The van der Waals surface area contributed by atoms with Crippen molar-refractivity contribution in [3.8, 4) is 0 Å². The topological polar surface area (TPSA) is 83.5 Å². The Bertz CT molecular complexity index is 339. The third-order valence-corrected chi connectivity index (χ3v) is 4.47. The van der Waals surface area contributed by atoms with E-state index < -0.39 is 28.0 Å². The maximum atomic E-state index is 11.4. The second-order valence-corrected chi connectivity index (χ2v) is 6.25. The number of nitrogens with one attached hydrogen (secondary N) is 1. The first-order valence-electron chi connectivity index (χ1n) is 5.69. The molecule has 16 heavy (non-hydrogen) atoms. The van der Waals surface area contributed by atoms with Crippen LogP contribution < -0.4 is 4.72 Å². The highest BCUT2D eigenvalue weighted by Crippen LogP contribution is 2.24. The lowest BCUT2D eigenvalue weighted by molar-refractivity contribution is -0.142. The summed E-state index contributed by atoms with van der Waals surface area (Å²) < 4.78 is 25.4. The number of rotatable bonds is 4. The largest absolute Gasteiger partial charge is 0.481 e. The summed E-state index contributed by atoms with van der Waals surface area (Å²) >= 11 is 0. The number of carboxylic acids is 1. The van der Waals surface area contributed by atoms with Crippen molar-refractivity contribution in [1.29, 1.82) is 0 Å². The van der Waals surface area contributed by atoms with E-state index in [1.165, 1.54) is 0 Å². The van der Waals surface area contributed by atoms with Crippen LogP contribution in [0.3, 0.4) is 0 Å². The summed E-state index contributed by atoms with van der Waals surface area (Å²) in [4.78, 5) is 11.1. The molecule has 2 N–H and O–H groups in total. The molecule has 94 valence electrons. The predicted molar refractivity (Wildman–Crippen MR) is 60.6 cm³/mol. The van der Waals surface area contributed by atoms with E-state index in [1.54, 1.807) is 6.92 Å². The van der Waals surface area contributed by atoms with Gasteiger partial charge in [-0.15, -0.1) is 0 Å². The summed E-state index contributed by atoms with van der Waals surface area (Å²) in [6.07, 6.45) is 3.92. The Balaban J connectivity index is 2.76. The van der Waals surface area contributed by atoms with Crippen molar-refractivity contribution in [2.24, 2.45) is 5.92 Å². The van der Waals surface area contributed by atoms with Crippen molar-refractivity contribution in [3.63, 3.8) is 0 Å². The fourth-order valence-corrected chi connectivity index (χ4v) is 2.97. The van der Waals surface area contributed by atoms with Gasteiger partial charge in [-0.3, -0.25) is 4.79 Å². The maximum absolute atomic E-state index is 11.4. The van der Waals surface area contributed by atoms with Crippen LogP contribution in [0, 0.1) is 5.92 Å². The van der Waals surface area contributed by atoms with Gasteiger partial charge in [-0.1, -0.05) is 19.3 Å². The highest BCUT2D eigenvalue weighted by Gasteiger charge is 2.31. The second-order valence-electron chi connectivity index (χ2n) is 4.21. The van der Waals surface area contributed by atoms with Gasteiger partial charge in [-0.25, -0.2) is 13.1 Å². The van der Waals surface area contributed by atoms with Crippen LogP contribution in [-0.2, 0) is 14.8 Å². The van der Waals surface area contributed by atoms with E-state index in [1.807, 2.05) is 0 Å². The zero-order chi connectivity index (χ0) is 12.2. The Kier molecular flexibility index (Phi) is 4.73. The van der Waals surface area contributed by atoms with Gasteiger partial charge in [0, 0.05) is 6.04 Å². The van der Waals surface area contributed by atoms with Crippen molar-refractivity contribution >= 4 is 16.0 Å². The van der Waals surface area contributed by atoms with E-state index in [0.29, 0.717) is 12.8 Å². The lowest BCUT2D eigenvalue weighted by Crippen LogP contribution is -2.43. The van der Waals surface area contributed by atoms with Crippen molar-refractivity contribution in [2.75, 3.05) is 5.75 Å². The van der Waals surface area contributed by atoms with E-state index in [4.69, 9.17) is 5.11 Å². The standard InChI is InChI=1S/C10H19NO4S/c1-2-16(14,15)11-9-7-5-3-4-6-8(9)10(12)13/h8-9,11H,2-7H2,1H3,(H,12,13). The van der Waals surface area contributed by atoms with Gasteiger partial charge in [0.15, 0.2) is 0 Å². The second kappa shape index (κ2) is 5.63. The minimum absolute atomic E-state index is 0.00413. The summed E-state index contributed by atoms with van der Waals surface area (Å²) in [7, 11) is -3.32. The smallest absolute Gasteiger partial charge is 0.308 e. The van der Waals surface area contributed by atoms with Crippen molar-refractivity contribution in [3.05, 3.63) is 0 Å². The zero-order valence-corrected chi connectivity index (χ0v) is 10.3. The first-order chi connectivity index (χ1) is 7.46. The molecular formula is C10H19NO4S. The quantitative estimate of drug-likeness (QED) is 0.727. The average Bonchev–Trinajstić information content (AvgIpc) is 2.42. The summed E-state index contributed by atoms with van der Waals surface area (Å²) in [6, 6.07) is -0.440. The molecule has 0 saturated heterocycles. The number of hydrogen-bond donors (Lipinski definition) is 2. The molecule has 1 fully saturated rings. The molecule has 1 rings (SSSR count). The van der Waals surface area contributed by atoms with E-state index in [0.717, 1.165) is 19.3 Å². The van der Waals surface area contributed by atoms with E-state index in [2.05, 4.69) is 4.72 Å². The van der Waals surface area contributed by atoms with Crippen LogP contribution in [0.2, 0.25) is 0 Å². The first kappa shape index (κ1) is 13.4. The summed E-state index contributed by atoms with van der Waals surface area (Å²) in [5.74, 6) is -1.48. The van der Waals surface area contributed by atoms with E-state index >= 15 is 0 Å². The molecule has 1 aliphatic rings. The molecule has 0 aromatic carbocycles. The van der Waals surface area contributed by atoms with Gasteiger partial charge in [0.2, 0.25) is 10.0 Å². The molecule has 0 aliphatic heterocycles. The first-order valence-corrected chi connectivity index (χ1v) is 7.34. The lowest BCUT2D eigenvalue weighted by Gasteiger charge is -2.22. The minimum atomic E-state index is -3.32. The van der Waals surface area contributed by atoms with Crippen LogP contribution in [0.25, 0.3) is 0 Å². The third kappa shape index (κ3) is 3.75. The molecule has 0 spiro atoms. The molecule has 1 saturated carbocycles. The summed E-state index contributed by atoms with van der Waals surface area (Å²) in [6.45, 7) is 1.55.